The van der Waals surface area contributed by atoms with E-state index >= 15 is 0 Å². The van der Waals surface area contributed by atoms with Crippen molar-refractivity contribution in [2.24, 2.45) is 0 Å². The van der Waals surface area contributed by atoms with E-state index in [9.17, 15) is 18.0 Å². The average Bonchev–Trinajstić information content (AvgIpc) is 3.21. The Labute approximate surface area is 156 Å². The fourth-order valence-electron chi connectivity index (χ4n) is 2.38. The van der Waals surface area contributed by atoms with Gasteiger partial charge in [-0.2, -0.15) is 18.3 Å². The Hall–Kier alpha value is -2.72. The molecule has 0 aliphatic heterocycles. The molecule has 0 saturated heterocycles. The molecule has 2 aromatic heterocycles. The molecule has 27 heavy (non-hydrogen) atoms. The molecule has 0 aliphatic carbocycles. The Bertz CT molecular complexity index is 965. The number of aromatic nitrogens is 3. The summed E-state index contributed by atoms with van der Waals surface area (Å²) in [6, 6.07) is 6.29. The highest BCUT2D eigenvalue weighted by atomic mass is 32.1. The van der Waals surface area contributed by atoms with Crippen LogP contribution in [-0.2, 0) is 17.5 Å². The second-order valence-corrected chi connectivity index (χ2v) is 6.59. The van der Waals surface area contributed by atoms with Crippen LogP contribution in [0.2, 0.25) is 0 Å². The minimum Gasteiger partial charge on any atom is -0.378 e. The van der Waals surface area contributed by atoms with E-state index < -0.39 is 17.6 Å². The third-order valence-corrected chi connectivity index (χ3v) is 4.37. The van der Waals surface area contributed by atoms with Crippen molar-refractivity contribution in [1.82, 2.24) is 14.8 Å². The predicted molar refractivity (Wildman–Crippen MR) is 94.1 cm³/mol. The van der Waals surface area contributed by atoms with Crippen LogP contribution in [0.3, 0.4) is 0 Å². The molecular formula is C17H15F3N4O2S. The molecule has 0 spiro atoms. The van der Waals surface area contributed by atoms with Gasteiger partial charge in [0.15, 0.2) is 0 Å². The predicted octanol–water partition coefficient (Wildman–Crippen LogP) is 4.05. The summed E-state index contributed by atoms with van der Waals surface area (Å²) in [6.45, 7) is 1.97. The minimum absolute atomic E-state index is 0.187. The molecule has 0 unspecified atom stereocenters. The van der Waals surface area contributed by atoms with Crippen LogP contribution in [0.15, 0.2) is 35.7 Å². The first-order valence-corrected chi connectivity index (χ1v) is 8.65. The third-order valence-electron chi connectivity index (χ3n) is 3.54. The van der Waals surface area contributed by atoms with E-state index in [2.05, 4.69) is 15.4 Å². The summed E-state index contributed by atoms with van der Waals surface area (Å²) in [5.41, 5.74) is 0.128. The molecule has 1 aromatic carbocycles. The van der Waals surface area contributed by atoms with Crippen molar-refractivity contribution in [3.63, 3.8) is 0 Å². The number of aryl methyl sites for hydroxylation is 1. The standard InChI is InChI=1S/C17H15F3N4O2S/c1-10-6-14(22-16(25)13-9-27-15(21-13)8-26-2)24(23-10)12-5-3-4-11(7-12)17(18,19)20/h3-7,9H,8H2,1-2H3,(H,22,25). The summed E-state index contributed by atoms with van der Waals surface area (Å²) in [4.78, 5) is 16.6. The maximum Gasteiger partial charge on any atom is 0.416 e. The molecule has 1 N–H and O–H groups in total. The van der Waals surface area contributed by atoms with Crippen molar-refractivity contribution in [1.29, 1.82) is 0 Å². The zero-order valence-corrected chi connectivity index (χ0v) is 15.2. The van der Waals surface area contributed by atoms with Crippen molar-refractivity contribution in [2.75, 3.05) is 12.4 Å². The van der Waals surface area contributed by atoms with Crippen LogP contribution in [0.1, 0.15) is 26.8 Å². The van der Waals surface area contributed by atoms with Gasteiger partial charge in [0.2, 0.25) is 0 Å². The van der Waals surface area contributed by atoms with Gasteiger partial charge in [-0.25, -0.2) is 9.67 Å². The van der Waals surface area contributed by atoms with Crippen molar-refractivity contribution in [3.05, 3.63) is 57.7 Å². The van der Waals surface area contributed by atoms with Crippen LogP contribution < -0.4 is 5.32 Å². The summed E-state index contributed by atoms with van der Waals surface area (Å²) in [6.07, 6.45) is -4.47. The topological polar surface area (TPSA) is 69.0 Å². The number of halogens is 3. The lowest BCUT2D eigenvalue weighted by Gasteiger charge is -2.11. The highest BCUT2D eigenvalue weighted by Gasteiger charge is 2.30. The summed E-state index contributed by atoms with van der Waals surface area (Å²) >= 11 is 1.28. The second-order valence-electron chi connectivity index (χ2n) is 5.64. The smallest absolute Gasteiger partial charge is 0.378 e. The lowest BCUT2D eigenvalue weighted by atomic mass is 10.2. The number of hydrogen-bond acceptors (Lipinski definition) is 5. The zero-order chi connectivity index (χ0) is 19.6. The number of ether oxygens (including phenoxy) is 1. The van der Waals surface area contributed by atoms with Crippen molar-refractivity contribution in [3.8, 4) is 5.69 Å². The van der Waals surface area contributed by atoms with Gasteiger partial charge in [0.1, 0.15) is 16.5 Å². The lowest BCUT2D eigenvalue weighted by Crippen LogP contribution is -2.16. The quantitative estimate of drug-likeness (QED) is 0.706. The van der Waals surface area contributed by atoms with Crippen LogP contribution in [0, 0.1) is 6.92 Å². The number of hydrogen-bond donors (Lipinski definition) is 1. The molecule has 2 heterocycles. The van der Waals surface area contributed by atoms with Gasteiger partial charge in [-0.15, -0.1) is 11.3 Å². The number of carbonyl (C=O) groups is 1. The second kappa shape index (κ2) is 7.49. The number of nitrogens with one attached hydrogen (secondary N) is 1. The van der Waals surface area contributed by atoms with E-state index in [0.717, 1.165) is 12.1 Å². The first-order chi connectivity index (χ1) is 12.8. The summed E-state index contributed by atoms with van der Waals surface area (Å²) in [5, 5.41) is 9.05. The molecule has 0 bridgehead atoms. The Morgan fingerprint density at radius 3 is 2.81 bits per heavy atom. The Kier molecular flexibility index (Phi) is 5.29. The molecule has 0 aliphatic rings. The molecule has 0 radical (unpaired) electrons. The molecule has 3 aromatic rings. The van der Waals surface area contributed by atoms with Gasteiger partial charge in [-0.05, 0) is 25.1 Å². The fraction of sp³-hybridized carbons (Fsp3) is 0.235. The molecule has 0 saturated carbocycles. The van der Waals surface area contributed by atoms with E-state index in [4.69, 9.17) is 4.74 Å². The number of carbonyl (C=O) groups excluding carboxylic acids is 1. The number of nitrogens with zero attached hydrogens (tertiary/aromatic N) is 3. The summed E-state index contributed by atoms with van der Waals surface area (Å²) < 4.78 is 45.1. The molecule has 0 fully saturated rings. The van der Waals surface area contributed by atoms with E-state index in [-0.39, 0.29) is 17.2 Å². The molecule has 142 valence electrons. The first-order valence-electron chi connectivity index (χ1n) is 7.77. The highest BCUT2D eigenvalue weighted by Crippen LogP contribution is 2.31. The van der Waals surface area contributed by atoms with E-state index in [1.165, 1.54) is 35.3 Å². The first kappa shape index (κ1) is 19.1. The minimum atomic E-state index is -4.47. The largest absolute Gasteiger partial charge is 0.416 e. The number of thiazole rings is 1. The SMILES string of the molecule is COCc1nc(C(=O)Nc2cc(C)nn2-c2cccc(C(F)(F)F)c2)cs1. The Balaban J connectivity index is 1.89. The van der Waals surface area contributed by atoms with Gasteiger partial charge in [0, 0.05) is 18.6 Å². The van der Waals surface area contributed by atoms with Crippen molar-refractivity contribution < 1.29 is 22.7 Å². The zero-order valence-electron chi connectivity index (χ0n) is 14.4. The summed E-state index contributed by atoms with van der Waals surface area (Å²) in [5.74, 6) is -0.236. The van der Waals surface area contributed by atoms with E-state index in [0.29, 0.717) is 17.3 Å². The van der Waals surface area contributed by atoms with Gasteiger partial charge in [-0.1, -0.05) is 6.07 Å². The number of amides is 1. The maximum absolute atomic E-state index is 13.0. The molecule has 6 nitrogen and oxygen atoms in total. The van der Waals surface area contributed by atoms with Crippen LogP contribution in [0.25, 0.3) is 5.69 Å². The van der Waals surface area contributed by atoms with Crippen LogP contribution in [0.5, 0.6) is 0 Å². The number of benzene rings is 1. The molecule has 1 amide bonds. The van der Waals surface area contributed by atoms with Crippen LogP contribution in [-0.4, -0.2) is 27.8 Å². The fourth-order valence-corrected chi connectivity index (χ4v) is 3.13. The Morgan fingerprint density at radius 1 is 1.33 bits per heavy atom. The molecule has 3 rings (SSSR count). The van der Waals surface area contributed by atoms with Crippen LogP contribution >= 0.6 is 11.3 Å². The van der Waals surface area contributed by atoms with Gasteiger partial charge >= 0.3 is 6.18 Å². The Morgan fingerprint density at radius 2 is 2.11 bits per heavy atom. The van der Waals surface area contributed by atoms with Crippen molar-refractivity contribution >= 4 is 23.1 Å². The van der Waals surface area contributed by atoms with Gasteiger partial charge in [-0.3, -0.25) is 4.79 Å². The van der Waals surface area contributed by atoms with E-state index in [1.807, 2.05) is 0 Å². The average molecular weight is 396 g/mol. The lowest BCUT2D eigenvalue weighted by molar-refractivity contribution is -0.137. The maximum atomic E-state index is 13.0. The monoisotopic (exact) mass is 396 g/mol. The summed E-state index contributed by atoms with van der Waals surface area (Å²) in [7, 11) is 1.53. The number of alkyl halides is 3. The normalized spacial score (nSPS) is 11.6. The molecule has 10 heteroatoms. The number of rotatable bonds is 5. The van der Waals surface area contributed by atoms with Gasteiger partial charge in [0.05, 0.1) is 23.6 Å². The number of anilines is 1. The molecule has 0 atom stereocenters. The van der Waals surface area contributed by atoms with Crippen molar-refractivity contribution in [2.45, 2.75) is 19.7 Å². The highest BCUT2D eigenvalue weighted by molar-refractivity contribution is 7.09. The third kappa shape index (κ3) is 4.34. The van der Waals surface area contributed by atoms with E-state index in [1.54, 1.807) is 18.4 Å². The van der Waals surface area contributed by atoms with Gasteiger partial charge in [0.25, 0.3) is 5.91 Å². The van der Waals surface area contributed by atoms with Gasteiger partial charge < -0.3 is 10.1 Å². The molecular weight excluding hydrogens is 381 g/mol. The number of methoxy groups -OCH3 is 1. The van der Waals surface area contributed by atoms with Crippen LogP contribution in [0.4, 0.5) is 19.0 Å².